The zero-order chi connectivity index (χ0) is 14.7. The van der Waals surface area contributed by atoms with E-state index in [9.17, 15) is 9.59 Å². The zero-order valence-corrected chi connectivity index (χ0v) is 12.0. The van der Waals surface area contributed by atoms with Gasteiger partial charge in [-0.25, -0.2) is 0 Å². The lowest BCUT2D eigenvalue weighted by Gasteiger charge is -2.25. The minimum atomic E-state index is -0.480. The number of rotatable bonds is 3. The van der Waals surface area contributed by atoms with Gasteiger partial charge in [0.1, 0.15) is 11.3 Å². The van der Waals surface area contributed by atoms with E-state index in [2.05, 4.69) is 5.32 Å². The van der Waals surface area contributed by atoms with Crippen molar-refractivity contribution in [1.29, 1.82) is 0 Å². The Labute approximate surface area is 122 Å². The quantitative estimate of drug-likeness (QED) is 0.518. The van der Waals surface area contributed by atoms with E-state index < -0.39 is 11.8 Å². The van der Waals surface area contributed by atoms with Crippen LogP contribution >= 0.6 is 12.2 Å². The smallest absolute Gasteiger partial charge is 0.265 e. The Morgan fingerprint density at radius 1 is 1.30 bits per heavy atom. The molecule has 1 aliphatic rings. The molecule has 1 fully saturated rings. The fourth-order valence-corrected chi connectivity index (χ4v) is 1.91. The van der Waals surface area contributed by atoms with Crippen molar-refractivity contribution >= 4 is 35.2 Å². The predicted molar refractivity (Wildman–Crippen MR) is 79.1 cm³/mol. The molecule has 1 saturated heterocycles. The lowest BCUT2D eigenvalue weighted by molar-refractivity contribution is -0.128. The highest BCUT2D eigenvalue weighted by Crippen LogP contribution is 2.17. The number of benzene rings is 1. The molecule has 1 heterocycles. The van der Waals surface area contributed by atoms with Crippen LogP contribution in [0, 0.1) is 0 Å². The van der Waals surface area contributed by atoms with Crippen molar-refractivity contribution in [1.82, 2.24) is 10.2 Å². The summed E-state index contributed by atoms with van der Waals surface area (Å²) >= 11 is 4.88. The molecule has 104 valence electrons. The molecule has 0 bridgehead atoms. The fourth-order valence-electron chi connectivity index (χ4n) is 1.74. The second-order valence-corrected chi connectivity index (χ2v) is 4.57. The van der Waals surface area contributed by atoms with Gasteiger partial charge in [-0.15, -0.1) is 0 Å². The molecule has 0 atom stereocenters. The average Bonchev–Trinajstić information content (AvgIpc) is 2.43. The fraction of sp³-hybridized carbons (Fsp3) is 0.214. The highest BCUT2D eigenvalue weighted by atomic mass is 32.1. The maximum atomic E-state index is 12.0. The standard InChI is InChI=1S/C14H14N2O3S/c1-3-19-10-6-4-9(5-7-10)8-11-12(17)15-14(20)16(2)13(11)18/h4-8H,3H2,1-2H3,(H,15,17,20)/b11-8+. The van der Waals surface area contributed by atoms with E-state index in [0.717, 1.165) is 11.3 Å². The van der Waals surface area contributed by atoms with Crippen LogP contribution in [0.2, 0.25) is 0 Å². The van der Waals surface area contributed by atoms with Crippen LogP contribution in [0.1, 0.15) is 12.5 Å². The first-order chi connectivity index (χ1) is 9.52. The van der Waals surface area contributed by atoms with Gasteiger partial charge in [-0.3, -0.25) is 19.8 Å². The summed E-state index contributed by atoms with van der Waals surface area (Å²) in [6.07, 6.45) is 1.53. The molecule has 0 radical (unpaired) electrons. The topological polar surface area (TPSA) is 58.6 Å². The van der Waals surface area contributed by atoms with E-state index in [-0.39, 0.29) is 10.7 Å². The number of likely N-dealkylation sites (N-methyl/N-ethyl adjacent to an activating group) is 1. The number of carbonyl (C=O) groups is 2. The van der Waals surface area contributed by atoms with E-state index >= 15 is 0 Å². The molecule has 2 amide bonds. The highest BCUT2D eigenvalue weighted by molar-refractivity contribution is 7.80. The van der Waals surface area contributed by atoms with Crippen molar-refractivity contribution in [2.75, 3.05) is 13.7 Å². The van der Waals surface area contributed by atoms with Gasteiger partial charge in [0.15, 0.2) is 5.11 Å². The molecule has 2 rings (SSSR count). The van der Waals surface area contributed by atoms with Crippen LogP contribution in [-0.4, -0.2) is 35.5 Å². The Bertz CT molecular complexity index is 593. The van der Waals surface area contributed by atoms with Crippen LogP contribution in [0.4, 0.5) is 0 Å². The lowest BCUT2D eigenvalue weighted by atomic mass is 10.1. The summed E-state index contributed by atoms with van der Waals surface area (Å²) in [5.41, 5.74) is 0.804. The van der Waals surface area contributed by atoms with E-state index in [4.69, 9.17) is 17.0 Å². The summed E-state index contributed by atoms with van der Waals surface area (Å²) < 4.78 is 5.33. The maximum Gasteiger partial charge on any atom is 0.265 e. The van der Waals surface area contributed by atoms with Crippen LogP contribution in [0.3, 0.4) is 0 Å². The molecule has 0 unspecified atom stereocenters. The minimum absolute atomic E-state index is 0.0604. The van der Waals surface area contributed by atoms with Gasteiger partial charge in [0, 0.05) is 7.05 Å². The number of nitrogens with zero attached hydrogens (tertiary/aromatic N) is 1. The van der Waals surface area contributed by atoms with E-state index in [1.807, 2.05) is 6.92 Å². The van der Waals surface area contributed by atoms with Crippen LogP contribution in [-0.2, 0) is 9.59 Å². The van der Waals surface area contributed by atoms with Crippen LogP contribution in [0.15, 0.2) is 29.8 Å². The van der Waals surface area contributed by atoms with Gasteiger partial charge in [-0.1, -0.05) is 12.1 Å². The summed E-state index contributed by atoms with van der Waals surface area (Å²) in [5, 5.41) is 2.58. The molecule has 0 aliphatic carbocycles. The van der Waals surface area contributed by atoms with Gasteiger partial charge < -0.3 is 4.74 Å². The molecular formula is C14H14N2O3S. The Morgan fingerprint density at radius 2 is 1.95 bits per heavy atom. The Balaban J connectivity index is 2.27. The van der Waals surface area contributed by atoms with Gasteiger partial charge in [-0.05, 0) is 42.9 Å². The molecule has 1 aromatic rings. The Hall–Kier alpha value is -2.21. The lowest BCUT2D eigenvalue weighted by Crippen LogP contribution is -2.52. The van der Waals surface area contributed by atoms with Crippen molar-refractivity contribution in [3.05, 3.63) is 35.4 Å². The van der Waals surface area contributed by atoms with Gasteiger partial charge in [0.25, 0.3) is 11.8 Å². The van der Waals surface area contributed by atoms with E-state index in [0.29, 0.717) is 6.61 Å². The summed E-state index contributed by atoms with van der Waals surface area (Å²) in [6.45, 7) is 2.49. The number of hydrogen-bond donors (Lipinski definition) is 1. The Kier molecular flexibility index (Phi) is 4.14. The second-order valence-electron chi connectivity index (χ2n) is 4.18. The van der Waals surface area contributed by atoms with Gasteiger partial charge >= 0.3 is 0 Å². The summed E-state index contributed by atoms with van der Waals surface area (Å²) in [4.78, 5) is 25.0. The molecule has 0 saturated carbocycles. The first-order valence-electron chi connectivity index (χ1n) is 6.11. The largest absolute Gasteiger partial charge is 0.494 e. The van der Waals surface area contributed by atoms with Crippen molar-refractivity contribution in [2.24, 2.45) is 0 Å². The first kappa shape index (κ1) is 14.2. The third-order valence-electron chi connectivity index (χ3n) is 2.81. The summed E-state index contributed by atoms with van der Waals surface area (Å²) in [5.74, 6) is -0.146. The van der Waals surface area contributed by atoms with Gasteiger partial charge in [0.05, 0.1) is 6.61 Å². The summed E-state index contributed by atoms with van der Waals surface area (Å²) in [6, 6.07) is 7.14. The van der Waals surface area contributed by atoms with Crippen LogP contribution in [0.25, 0.3) is 6.08 Å². The van der Waals surface area contributed by atoms with Crippen LogP contribution in [0.5, 0.6) is 5.75 Å². The molecule has 5 nitrogen and oxygen atoms in total. The van der Waals surface area contributed by atoms with Crippen LogP contribution < -0.4 is 10.1 Å². The molecular weight excluding hydrogens is 276 g/mol. The van der Waals surface area contributed by atoms with Crippen molar-refractivity contribution < 1.29 is 14.3 Å². The highest BCUT2D eigenvalue weighted by Gasteiger charge is 2.30. The third kappa shape index (κ3) is 2.85. The number of carbonyl (C=O) groups excluding carboxylic acids is 2. The second kappa shape index (κ2) is 5.83. The average molecular weight is 290 g/mol. The maximum absolute atomic E-state index is 12.0. The van der Waals surface area contributed by atoms with Gasteiger partial charge in [-0.2, -0.15) is 0 Å². The first-order valence-corrected chi connectivity index (χ1v) is 6.51. The Morgan fingerprint density at radius 3 is 2.55 bits per heavy atom. The number of ether oxygens (including phenoxy) is 1. The number of thiocarbonyl (C=S) groups is 1. The van der Waals surface area contributed by atoms with Crippen molar-refractivity contribution in [2.45, 2.75) is 6.92 Å². The molecule has 1 aliphatic heterocycles. The third-order valence-corrected chi connectivity index (χ3v) is 3.18. The SMILES string of the molecule is CCOc1ccc(/C=C2\C(=O)NC(=S)N(C)C2=O)cc1. The summed E-state index contributed by atoms with van der Waals surface area (Å²) in [7, 11) is 1.52. The number of nitrogens with one attached hydrogen (secondary N) is 1. The molecule has 0 spiro atoms. The normalized spacial score (nSPS) is 17.4. The molecule has 0 aromatic heterocycles. The molecule has 20 heavy (non-hydrogen) atoms. The van der Waals surface area contributed by atoms with E-state index in [1.54, 1.807) is 24.3 Å². The minimum Gasteiger partial charge on any atom is -0.494 e. The van der Waals surface area contributed by atoms with Crippen molar-refractivity contribution in [3.63, 3.8) is 0 Å². The molecule has 1 N–H and O–H groups in total. The van der Waals surface area contributed by atoms with Crippen molar-refractivity contribution in [3.8, 4) is 5.75 Å². The molecule has 6 heteroatoms. The number of hydrogen-bond acceptors (Lipinski definition) is 4. The van der Waals surface area contributed by atoms with Gasteiger partial charge in [0.2, 0.25) is 0 Å². The molecule has 1 aromatic carbocycles. The zero-order valence-electron chi connectivity index (χ0n) is 11.2. The number of amides is 2. The van der Waals surface area contributed by atoms with E-state index in [1.165, 1.54) is 18.0 Å². The monoisotopic (exact) mass is 290 g/mol. The predicted octanol–water partition coefficient (Wildman–Crippen LogP) is 1.34.